The first kappa shape index (κ1) is 14.8. The average molecular weight is 385 g/mol. The molecule has 1 aromatic carbocycles. The van der Waals surface area contributed by atoms with Crippen LogP contribution in [0.25, 0.3) is 11.4 Å². The Hall–Kier alpha value is -1.57. The molecule has 0 radical (unpaired) electrons. The Bertz CT molecular complexity index is 610. The van der Waals surface area contributed by atoms with Crippen molar-refractivity contribution < 1.29 is 9.47 Å². The topological polar surface area (TPSA) is 70.3 Å². The van der Waals surface area contributed by atoms with E-state index in [0.29, 0.717) is 23.1 Å². The third kappa shape index (κ3) is 2.95. The van der Waals surface area contributed by atoms with Gasteiger partial charge in [0, 0.05) is 11.6 Å². The summed E-state index contributed by atoms with van der Waals surface area (Å²) in [5, 5.41) is 0. The summed E-state index contributed by atoms with van der Waals surface area (Å²) in [7, 11) is 3.22. The number of nitrogens with zero attached hydrogens (tertiary/aromatic N) is 2. The van der Waals surface area contributed by atoms with E-state index in [9.17, 15) is 0 Å². The summed E-state index contributed by atoms with van der Waals surface area (Å²) in [5.41, 5.74) is 7.71. The summed E-state index contributed by atoms with van der Waals surface area (Å²) in [4.78, 5) is 8.91. The number of hydrogen-bond donors (Lipinski definition) is 1. The number of halogens is 1. The molecule has 0 amide bonds. The van der Waals surface area contributed by atoms with Gasteiger partial charge in [-0.2, -0.15) is 0 Å². The number of rotatable bonds is 4. The van der Waals surface area contributed by atoms with Crippen LogP contribution in [-0.4, -0.2) is 24.2 Å². The number of methoxy groups -OCH3 is 2. The van der Waals surface area contributed by atoms with E-state index in [0.717, 1.165) is 21.2 Å². The van der Waals surface area contributed by atoms with E-state index in [-0.39, 0.29) is 0 Å². The van der Waals surface area contributed by atoms with Crippen LogP contribution in [0.2, 0.25) is 0 Å². The number of hydrogen-bond acceptors (Lipinski definition) is 5. The van der Waals surface area contributed by atoms with Gasteiger partial charge in [-0.3, -0.25) is 0 Å². The smallest absolute Gasteiger partial charge is 0.162 e. The summed E-state index contributed by atoms with van der Waals surface area (Å²) >= 11 is 2.17. The molecule has 0 saturated carbocycles. The highest BCUT2D eigenvalue weighted by molar-refractivity contribution is 14.1. The second-order valence-corrected chi connectivity index (χ2v) is 5.23. The molecule has 2 aromatic rings. The van der Waals surface area contributed by atoms with E-state index in [2.05, 4.69) is 32.6 Å². The van der Waals surface area contributed by atoms with Crippen molar-refractivity contribution in [1.29, 1.82) is 0 Å². The van der Waals surface area contributed by atoms with Crippen LogP contribution in [0, 0.1) is 3.57 Å². The lowest BCUT2D eigenvalue weighted by Crippen LogP contribution is -2.04. The van der Waals surface area contributed by atoms with Gasteiger partial charge in [0.2, 0.25) is 0 Å². The molecule has 106 valence electrons. The van der Waals surface area contributed by atoms with E-state index in [4.69, 9.17) is 15.2 Å². The fourth-order valence-electron chi connectivity index (χ4n) is 1.81. The zero-order valence-corrected chi connectivity index (χ0v) is 13.8. The van der Waals surface area contributed by atoms with Crippen LogP contribution < -0.4 is 15.2 Å². The number of nitrogen functional groups attached to an aromatic ring is 1. The SMILES string of the molecule is CCc1nc(-c2cc(OC)cc(OC)c2)nc(N)c1I. The van der Waals surface area contributed by atoms with Gasteiger partial charge >= 0.3 is 0 Å². The van der Waals surface area contributed by atoms with Gasteiger partial charge in [-0.15, -0.1) is 0 Å². The first-order chi connectivity index (χ1) is 9.58. The molecular formula is C14H16IN3O2. The van der Waals surface area contributed by atoms with Crippen molar-refractivity contribution in [2.24, 2.45) is 0 Å². The average Bonchev–Trinajstić information content (AvgIpc) is 2.49. The number of anilines is 1. The van der Waals surface area contributed by atoms with Gasteiger partial charge in [0.15, 0.2) is 5.82 Å². The second kappa shape index (κ2) is 6.25. The summed E-state index contributed by atoms with van der Waals surface area (Å²) in [6.07, 6.45) is 0.805. The van der Waals surface area contributed by atoms with Crippen molar-refractivity contribution in [3.05, 3.63) is 27.5 Å². The standard InChI is InChI=1S/C14H16IN3O2/c1-4-11-12(15)13(16)18-14(17-11)8-5-9(19-2)7-10(6-8)20-3/h5-7H,4H2,1-3H3,(H2,16,17,18). The summed E-state index contributed by atoms with van der Waals surface area (Å²) < 4.78 is 11.4. The van der Waals surface area contributed by atoms with E-state index >= 15 is 0 Å². The number of nitrogens with two attached hydrogens (primary N) is 1. The zero-order chi connectivity index (χ0) is 14.7. The molecule has 20 heavy (non-hydrogen) atoms. The Kier molecular flexibility index (Phi) is 4.64. The lowest BCUT2D eigenvalue weighted by atomic mass is 10.1. The molecule has 6 heteroatoms. The Morgan fingerprint density at radius 3 is 2.20 bits per heavy atom. The van der Waals surface area contributed by atoms with E-state index in [1.807, 2.05) is 19.1 Å². The molecule has 0 aliphatic heterocycles. The van der Waals surface area contributed by atoms with Crippen LogP contribution in [0.3, 0.4) is 0 Å². The van der Waals surface area contributed by atoms with Crippen molar-refractivity contribution in [3.8, 4) is 22.9 Å². The van der Waals surface area contributed by atoms with Gasteiger partial charge in [0.1, 0.15) is 17.3 Å². The predicted molar refractivity (Wildman–Crippen MR) is 87.1 cm³/mol. The largest absolute Gasteiger partial charge is 0.497 e. The van der Waals surface area contributed by atoms with Crippen LogP contribution in [0.4, 0.5) is 5.82 Å². The number of ether oxygens (including phenoxy) is 2. The lowest BCUT2D eigenvalue weighted by molar-refractivity contribution is 0.394. The van der Waals surface area contributed by atoms with Gasteiger partial charge < -0.3 is 15.2 Å². The molecule has 0 atom stereocenters. The number of aryl methyl sites for hydroxylation is 1. The molecule has 2 rings (SSSR count). The molecule has 1 heterocycles. The second-order valence-electron chi connectivity index (χ2n) is 4.15. The maximum atomic E-state index is 5.95. The first-order valence-electron chi connectivity index (χ1n) is 6.14. The molecule has 5 nitrogen and oxygen atoms in total. The van der Waals surface area contributed by atoms with Crippen molar-refractivity contribution in [2.45, 2.75) is 13.3 Å². The van der Waals surface area contributed by atoms with Gasteiger partial charge in [-0.25, -0.2) is 9.97 Å². The highest BCUT2D eigenvalue weighted by Crippen LogP contribution is 2.29. The highest BCUT2D eigenvalue weighted by Gasteiger charge is 2.12. The van der Waals surface area contributed by atoms with Gasteiger partial charge in [-0.1, -0.05) is 6.92 Å². The molecule has 0 bridgehead atoms. The van der Waals surface area contributed by atoms with Gasteiger partial charge in [0.25, 0.3) is 0 Å². The number of benzene rings is 1. The zero-order valence-electron chi connectivity index (χ0n) is 11.6. The predicted octanol–water partition coefficient (Wildman–Crippen LogP) is 2.91. The Labute approximate surface area is 131 Å². The molecule has 1 aromatic heterocycles. The Morgan fingerprint density at radius 2 is 1.70 bits per heavy atom. The highest BCUT2D eigenvalue weighted by atomic mass is 127. The van der Waals surface area contributed by atoms with Crippen LogP contribution >= 0.6 is 22.6 Å². The Balaban J connectivity index is 2.58. The molecular weight excluding hydrogens is 369 g/mol. The van der Waals surface area contributed by atoms with Crippen molar-refractivity contribution in [1.82, 2.24) is 9.97 Å². The van der Waals surface area contributed by atoms with Crippen LogP contribution in [0.5, 0.6) is 11.5 Å². The third-order valence-corrected chi connectivity index (χ3v) is 4.07. The van der Waals surface area contributed by atoms with Crippen LogP contribution in [-0.2, 0) is 6.42 Å². The van der Waals surface area contributed by atoms with Crippen molar-refractivity contribution in [3.63, 3.8) is 0 Å². The van der Waals surface area contributed by atoms with Crippen molar-refractivity contribution in [2.75, 3.05) is 20.0 Å². The monoisotopic (exact) mass is 385 g/mol. The van der Waals surface area contributed by atoms with Crippen molar-refractivity contribution >= 4 is 28.4 Å². The molecule has 0 saturated heterocycles. The molecule has 0 fully saturated rings. The van der Waals surface area contributed by atoms with E-state index < -0.39 is 0 Å². The lowest BCUT2D eigenvalue weighted by Gasteiger charge is -2.10. The van der Waals surface area contributed by atoms with Gasteiger partial charge in [0.05, 0.1) is 23.5 Å². The summed E-state index contributed by atoms with van der Waals surface area (Å²) in [6.45, 7) is 2.04. The number of aromatic nitrogens is 2. The molecule has 0 spiro atoms. The maximum absolute atomic E-state index is 5.95. The fraction of sp³-hybridized carbons (Fsp3) is 0.286. The molecule has 2 N–H and O–H groups in total. The van der Waals surface area contributed by atoms with Crippen LogP contribution in [0.15, 0.2) is 18.2 Å². The quantitative estimate of drug-likeness (QED) is 0.820. The third-order valence-electron chi connectivity index (χ3n) is 2.89. The van der Waals surface area contributed by atoms with Crippen LogP contribution in [0.1, 0.15) is 12.6 Å². The fourth-order valence-corrected chi connectivity index (χ4v) is 2.44. The first-order valence-corrected chi connectivity index (χ1v) is 7.22. The Morgan fingerprint density at radius 1 is 1.10 bits per heavy atom. The normalized spacial score (nSPS) is 10.4. The minimum atomic E-state index is 0.495. The van der Waals surface area contributed by atoms with Gasteiger partial charge in [-0.05, 0) is 41.1 Å². The van der Waals surface area contributed by atoms with E-state index in [1.54, 1.807) is 20.3 Å². The molecule has 0 aliphatic rings. The summed E-state index contributed by atoms with van der Waals surface area (Å²) in [6, 6.07) is 5.54. The molecule has 0 unspecified atom stereocenters. The summed E-state index contributed by atoms with van der Waals surface area (Å²) in [5.74, 6) is 2.46. The molecule has 0 aliphatic carbocycles. The maximum Gasteiger partial charge on any atom is 0.162 e. The minimum Gasteiger partial charge on any atom is -0.497 e. The minimum absolute atomic E-state index is 0.495. The van der Waals surface area contributed by atoms with E-state index in [1.165, 1.54) is 0 Å².